The molecular formula is C12H8O. The quantitative estimate of drug-likeness (QED) is 0.694. The third-order valence-electron chi connectivity index (χ3n) is 1.78. The van der Waals surface area contributed by atoms with Crippen LogP contribution in [0.3, 0.4) is 0 Å². The fourth-order valence-corrected chi connectivity index (χ4v) is 1.17. The molecule has 1 heteroatoms. The minimum atomic E-state index is 0.162. The van der Waals surface area contributed by atoms with Crippen molar-refractivity contribution < 1.29 is 5.11 Å². The first kappa shape index (κ1) is 7.87. The van der Waals surface area contributed by atoms with Crippen LogP contribution in [0.1, 0.15) is 0 Å². The van der Waals surface area contributed by atoms with Gasteiger partial charge >= 0.3 is 0 Å². The van der Waals surface area contributed by atoms with Gasteiger partial charge in [-0.2, -0.15) is 0 Å². The molecule has 2 radical (unpaired) electrons. The molecule has 0 bridgehead atoms. The minimum Gasteiger partial charge on any atom is -0.507 e. The molecule has 1 nitrogen and oxygen atoms in total. The van der Waals surface area contributed by atoms with E-state index in [0.717, 1.165) is 11.1 Å². The van der Waals surface area contributed by atoms with Crippen LogP contribution in [0.4, 0.5) is 0 Å². The van der Waals surface area contributed by atoms with Crippen molar-refractivity contribution in [3.8, 4) is 16.9 Å². The molecule has 0 saturated carbocycles. The zero-order valence-electron chi connectivity index (χ0n) is 6.99. The highest BCUT2D eigenvalue weighted by molar-refractivity contribution is 5.63. The predicted molar refractivity (Wildman–Crippen MR) is 51.2 cm³/mol. The summed E-state index contributed by atoms with van der Waals surface area (Å²) in [5.41, 5.74) is 1.80. The van der Waals surface area contributed by atoms with Crippen LogP contribution in [0.25, 0.3) is 11.1 Å². The molecule has 0 spiro atoms. The maximum absolute atomic E-state index is 9.20. The van der Waals surface area contributed by atoms with Gasteiger partial charge in [0.1, 0.15) is 5.75 Å². The van der Waals surface area contributed by atoms with Crippen molar-refractivity contribution in [3.05, 3.63) is 54.6 Å². The number of phenols is 1. The van der Waals surface area contributed by atoms with E-state index in [1.807, 2.05) is 30.3 Å². The SMILES string of the molecule is Oc1[c]c(-c2[c]cccc2)ccc1. The Morgan fingerprint density at radius 2 is 1.77 bits per heavy atom. The lowest BCUT2D eigenvalue weighted by Crippen LogP contribution is -1.76. The Hall–Kier alpha value is -1.76. The summed E-state index contributed by atoms with van der Waals surface area (Å²) >= 11 is 0. The van der Waals surface area contributed by atoms with Crippen molar-refractivity contribution in [2.45, 2.75) is 0 Å². The second kappa shape index (κ2) is 3.31. The van der Waals surface area contributed by atoms with Crippen LogP contribution in [-0.2, 0) is 0 Å². The lowest BCUT2D eigenvalue weighted by atomic mass is 10.1. The molecule has 0 amide bonds. The highest BCUT2D eigenvalue weighted by atomic mass is 16.3. The third kappa shape index (κ3) is 1.70. The van der Waals surface area contributed by atoms with E-state index in [-0.39, 0.29) is 5.75 Å². The van der Waals surface area contributed by atoms with E-state index in [0.29, 0.717) is 0 Å². The van der Waals surface area contributed by atoms with Crippen LogP contribution in [-0.4, -0.2) is 5.11 Å². The molecule has 0 aliphatic rings. The standard InChI is InChI=1S/C12H8O/c13-12-8-4-7-11(9-12)10-5-2-1-3-6-10/h1-5,7-8,13H. The summed E-state index contributed by atoms with van der Waals surface area (Å²) < 4.78 is 0. The van der Waals surface area contributed by atoms with Gasteiger partial charge in [0.05, 0.1) is 0 Å². The van der Waals surface area contributed by atoms with Gasteiger partial charge in [-0.15, -0.1) is 0 Å². The monoisotopic (exact) mass is 168 g/mol. The van der Waals surface area contributed by atoms with E-state index in [2.05, 4.69) is 12.1 Å². The van der Waals surface area contributed by atoms with Gasteiger partial charge in [-0.25, -0.2) is 0 Å². The lowest BCUT2D eigenvalue weighted by Gasteiger charge is -1.99. The lowest BCUT2D eigenvalue weighted by molar-refractivity contribution is 0.474. The van der Waals surface area contributed by atoms with E-state index in [1.54, 1.807) is 12.1 Å². The first-order valence-corrected chi connectivity index (χ1v) is 4.04. The number of rotatable bonds is 1. The van der Waals surface area contributed by atoms with Crippen LogP contribution < -0.4 is 0 Å². The fraction of sp³-hybridized carbons (Fsp3) is 0. The number of phenolic OH excluding ortho intramolecular Hbond substituents is 1. The van der Waals surface area contributed by atoms with E-state index >= 15 is 0 Å². The topological polar surface area (TPSA) is 20.2 Å². The van der Waals surface area contributed by atoms with Gasteiger partial charge in [0.2, 0.25) is 0 Å². The summed E-state index contributed by atoms with van der Waals surface area (Å²) in [6.45, 7) is 0. The zero-order valence-corrected chi connectivity index (χ0v) is 6.99. The van der Waals surface area contributed by atoms with Gasteiger partial charge in [-0.3, -0.25) is 0 Å². The van der Waals surface area contributed by atoms with Crippen LogP contribution in [0.2, 0.25) is 0 Å². The van der Waals surface area contributed by atoms with E-state index < -0.39 is 0 Å². The minimum absolute atomic E-state index is 0.162. The first-order chi connectivity index (χ1) is 6.36. The molecule has 0 aliphatic carbocycles. The first-order valence-electron chi connectivity index (χ1n) is 4.04. The average Bonchev–Trinajstić information content (AvgIpc) is 2.19. The number of benzene rings is 2. The third-order valence-corrected chi connectivity index (χ3v) is 1.78. The van der Waals surface area contributed by atoms with Gasteiger partial charge in [0.25, 0.3) is 0 Å². The summed E-state index contributed by atoms with van der Waals surface area (Å²) in [4.78, 5) is 0. The molecule has 1 N–H and O–H groups in total. The molecule has 0 heterocycles. The summed E-state index contributed by atoms with van der Waals surface area (Å²) in [7, 11) is 0. The van der Waals surface area contributed by atoms with Crippen molar-refractivity contribution in [2.24, 2.45) is 0 Å². The van der Waals surface area contributed by atoms with Gasteiger partial charge in [0.15, 0.2) is 0 Å². The van der Waals surface area contributed by atoms with Crippen molar-refractivity contribution in [1.29, 1.82) is 0 Å². The Morgan fingerprint density at radius 3 is 2.46 bits per heavy atom. The summed E-state index contributed by atoms with van der Waals surface area (Å²) in [6.07, 6.45) is 0. The molecule has 2 rings (SSSR count). The van der Waals surface area contributed by atoms with Gasteiger partial charge in [0, 0.05) is 6.07 Å². The molecule has 2 aromatic carbocycles. The average molecular weight is 168 g/mol. The smallest absolute Gasteiger partial charge is 0.124 e. The second-order valence-corrected chi connectivity index (χ2v) is 2.73. The molecule has 0 aliphatic heterocycles. The maximum Gasteiger partial charge on any atom is 0.124 e. The Balaban J connectivity index is 2.48. The second-order valence-electron chi connectivity index (χ2n) is 2.73. The Morgan fingerprint density at radius 1 is 0.923 bits per heavy atom. The van der Waals surface area contributed by atoms with Gasteiger partial charge in [-0.1, -0.05) is 36.4 Å². The molecule has 2 aromatic rings. The molecule has 0 fully saturated rings. The van der Waals surface area contributed by atoms with Gasteiger partial charge in [-0.05, 0) is 23.3 Å². The predicted octanol–water partition coefficient (Wildman–Crippen LogP) is 2.66. The number of hydrogen-bond donors (Lipinski definition) is 1. The number of hydrogen-bond acceptors (Lipinski definition) is 1. The molecule has 0 saturated heterocycles. The molecule has 62 valence electrons. The molecular weight excluding hydrogens is 160 g/mol. The van der Waals surface area contributed by atoms with Gasteiger partial charge < -0.3 is 5.11 Å². The molecule has 13 heavy (non-hydrogen) atoms. The number of aromatic hydroxyl groups is 1. The van der Waals surface area contributed by atoms with E-state index in [1.165, 1.54) is 0 Å². The van der Waals surface area contributed by atoms with Crippen molar-refractivity contribution in [1.82, 2.24) is 0 Å². The summed E-state index contributed by atoms with van der Waals surface area (Å²) in [5, 5.41) is 9.20. The van der Waals surface area contributed by atoms with Crippen molar-refractivity contribution >= 4 is 0 Å². The Labute approximate surface area is 77.3 Å². The molecule has 0 atom stereocenters. The highest BCUT2D eigenvalue weighted by Crippen LogP contribution is 2.20. The highest BCUT2D eigenvalue weighted by Gasteiger charge is 1.97. The summed E-state index contributed by atoms with van der Waals surface area (Å²) in [5.74, 6) is 0.162. The zero-order chi connectivity index (χ0) is 9.10. The van der Waals surface area contributed by atoms with Crippen LogP contribution in [0, 0.1) is 12.1 Å². The van der Waals surface area contributed by atoms with Crippen LogP contribution in [0.15, 0.2) is 42.5 Å². The Bertz CT molecular complexity index is 393. The van der Waals surface area contributed by atoms with Crippen LogP contribution >= 0.6 is 0 Å². The Kier molecular flexibility index (Phi) is 2.01. The molecule has 0 aromatic heterocycles. The summed E-state index contributed by atoms with van der Waals surface area (Å²) in [6, 6.07) is 18.8. The largest absolute Gasteiger partial charge is 0.507 e. The van der Waals surface area contributed by atoms with E-state index in [9.17, 15) is 5.11 Å². The molecule has 0 unspecified atom stereocenters. The maximum atomic E-state index is 9.20. The van der Waals surface area contributed by atoms with Crippen molar-refractivity contribution in [2.75, 3.05) is 0 Å². The van der Waals surface area contributed by atoms with Crippen LogP contribution in [0.5, 0.6) is 5.75 Å². The fourth-order valence-electron chi connectivity index (χ4n) is 1.17. The van der Waals surface area contributed by atoms with E-state index in [4.69, 9.17) is 0 Å². The normalized spacial score (nSPS) is 9.85. The van der Waals surface area contributed by atoms with Crippen molar-refractivity contribution in [3.63, 3.8) is 0 Å².